The molecule has 6 heteroatoms. The molecule has 19 heavy (non-hydrogen) atoms. The van der Waals surface area contributed by atoms with Crippen molar-refractivity contribution in [1.82, 2.24) is 14.5 Å². The lowest BCUT2D eigenvalue weighted by Crippen LogP contribution is -2.64. The molecule has 0 spiro atoms. The number of rotatable bonds is 4. The Labute approximate surface area is 117 Å². The lowest BCUT2D eigenvalue weighted by atomic mass is 9.94. The molecule has 0 aliphatic carbocycles. The third kappa shape index (κ3) is 4.15. The van der Waals surface area contributed by atoms with Crippen LogP contribution >= 0.6 is 0 Å². The maximum absolute atomic E-state index is 12.2. The third-order valence-corrected chi connectivity index (χ3v) is 5.81. The molecule has 2 aliphatic heterocycles. The van der Waals surface area contributed by atoms with Crippen LogP contribution in [0.3, 0.4) is 0 Å². The Balaban J connectivity index is 1.78. The molecule has 2 rings (SSSR count). The average molecular weight is 289 g/mol. The summed E-state index contributed by atoms with van der Waals surface area (Å²) in [6.45, 7) is 11.8. The minimum absolute atomic E-state index is 0.0792. The lowest BCUT2D eigenvalue weighted by Gasteiger charge is -2.46. The van der Waals surface area contributed by atoms with E-state index in [1.165, 1.54) is 0 Å². The number of hydrogen-bond acceptors (Lipinski definition) is 4. The summed E-state index contributed by atoms with van der Waals surface area (Å²) in [6.07, 6.45) is 0.726. The predicted molar refractivity (Wildman–Crippen MR) is 77.7 cm³/mol. The Hall–Kier alpha value is -0.170. The first-order chi connectivity index (χ1) is 8.78. The molecule has 0 unspecified atom stereocenters. The zero-order valence-corrected chi connectivity index (χ0v) is 13.2. The number of hydrogen-bond donors (Lipinski definition) is 1. The summed E-state index contributed by atoms with van der Waals surface area (Å²) >= 11 is 0. The smallest absolute Gasteiger partial charge is 0.214 e. The van der Waals surface area contributed by atoms with Gasteiger partial charge in [-0.3, -0.25) is 4.90 Å². The van der Waals surface area contributed by atoms with Gasteiger partial charge in [0.15, 0.2) is 0 Å². The molecule has 5 nitrogen and oxygen atoms in total. The van der Waals surface area contributed by atoms with Gasteiger partial charge in [0.1, 0.15) is 0 Å². The number of piperazine rings is 1. The van der Waals surface area contributed by atoms with E-state index in [1.807, 2.05) is 0 Å². The standard InChI is InChI=1S/C13H27N3O2S/c1-13(2,3)4-9-19(17,18)16-10-12(11-16)15-7-5-14-6-8-15/h12,14H,4-11H2,1-3H3. The molecule has 2 aliphatic rings. The zero-order chi connectivity index (χ0) is 14.1. The van der Waals surface area contributed by atoms with Gasteiger partial charge in [-0.05, 0) is 11.8 Å². The van der Waals surface area contributed by atoms with Gasteiger partial charge in [0.05, 0.1) is 5.75 Å². The van der Waals surface area contributed by atoms with Crippen molar-refractivity contribution in [3.63, 3.8) is 0 Å². The van der Waals surface area contributed by atoms with E-state index >= 15 is 0 Å². The molecule has 2 fully saturated rings. The van der Waals surface area contributed by atoms with Crippen LogP contribution in [-0.2, 0) is 10.0 Å². The molecule has 1 N–H and O–H groups in total. The van der Waals surface area contributed by atoms with E-state index in [0.717, 1.165) is 32.6 Å². The lowest BCUT2D eigenvalue weighted by molar-refractivity contribution is 0.0772. The van der Waals surface area contributed by atoms with E-state index < -0.39 is 10.0 Å². The SMILES string of the molecule is CC(C)(C)CCS(=O)(=O)N1CC(N2CCNCC2)C1. The summed E-state index contributed by atoms with van der Waals surface area (Å²) in [4.78, 5) is 2.41. The van der Waals surface area contributed by atoms with Crippen LogP contribution in [0.5, 0.6) is 0 Å². The third-order valence-electron chi connectivity index (χ3n) is 4.00. The fourth-order valence-electron chi connectivity index (χ4n) is 2.49. The molecule has 0 saturated carbocycles. The topological polar surface area (TPSA) is 52.7 Å². The fraction of sp³-hybridized carbons (Fsp3) is 1.00. The van der Waals surface area contributed by atoms with E-state index in [4.69, 9.17) is 0 Å². The van der Waals surface area contributed by atoms with Gasteiger partial charge >= 0.3 is 0 Å². The molecule has 2 saturated heterocycles. The van der Waals surface area contributed by atoms with E-state index in [2.05, 4.69) is 31.0 Å². The molecular weight excluding hydrogens is 262 g/mol. The van der Waals surface area contributed by atoms with Crippen LogP contribution in [0.1, 0.15) is 27.2 Å². The largest absolute Gasteiger partial charge is 0.314 e. The summed E-state index contributed by atoms with van der Waals surface area (Å²) in [7, 11) is -3.04. The molecular formula is C13H27N3O2S. The first-order valence-electron chi connectivity index (χ1n) is 7.20. The Bertz CT molecular complexity index is 391. The van der Waals surface area contributed by atoms with Crippen LogP contribution in [0, 0.1) is 5.41 Å². The van der Waals surface area contributed by atoms with E-state index in [9.17, 15) is 8.42 Å². The summed E-state index contributed by atoms with van der Waals surface area (Å²) < 4.78 is 26.0. The van der Waals surface area contributed by atoms with Gasteiger partial charge in [-0.15, -0.1) is 0 Å². The minimum Gasteiger partial charge on any atom is -0.314 e. The highest BCUT2D eigenvalue weighted by Gasteiger charge is 2.39. The minimum atomic E-state index is -3.04. The van der Waals surface area contributed by atoms with Crippen LogP contribution in [-0.4, -0.2) is 68.7 Å². The molecule has 0 atom stereocenters. The molecule has 0 amide bonds. The maximum atomic E-state index is 12.2. The van der Waals surface area contributed by atoms with Crippen molar-refractivity contribution in [1.29, 1.82) is 0 Å². The predicted octanol–water partition coefficient (Wildman–Crippen LogP) is 0.342. The second kappa shape index (κ2) is 5.68. The van der Waals surface area contributed by atoms with Crippen LogP contribution in [0.2, 0.25) is 0 Å². The zero-order valence-electron chi connectivity index (χ0n) is 12.4. The van der Waals surface area contributed by atoms with Crippen molar-refractivity contribution in [3.8, 4) is 0 Å². The van der Waals surface area contributed by atoms with Crippen molar-refractivity contribution in [3.05, 3.63) is 0 Å². The van der Waals surface area contributed by atoms with E-state index in [1.54, 1.807) is 4.31 Å². The molecule has 2 heterocycles. The Morgan fingerprint density at radius 2 is 1.74 bits per heavy atom. The second-order valence-corrected chi connectivity index (χ2v) is 8.97. The van der Waals surface area contributed by atoms with Crippen LogP contribution in [0.25, 0.3) is 0 Å². The molecule has 0 aromatic rings. The molecule has 0 radical (unpaired) electrons. The highest BCUT2D eigenvalue weighted by molar-refractivity contribution is 7.89. The van der Waals surface area contributed by atoms with Gasteiger partial charge in [0.25, 0.3) is 0 Å². The highest BCUT2D eigenvalue weighted by Crippen LogP contribution is 2.24. The normalized spacial score (nSPS) is 24.4. The van der Waals surface area contributed by atoms with Gasteiger partial charge < -0.3 is 5.32 Å². The maximum Gasteiger partial charge on any atom is 0.214 e. The number of nitrogens with zero attached hydrogens (tertiary/aromatic N) is 2. The van der Waals surface area contributed by atoms with Crippen LogP contribution in [0.4, 0.5) is 0 Å². The highest BCUT2D eigenvalue weighted by atomic mass is 32.2. The average Bonchev–Trinajstić information content (AvgIpc) is 2.25. The summed E-state index contributed by atoms with van der Waals surface area (Å²) in [5.74, 6) is 0.283. The molecule has 0 aromatic heterocycles. The van der Waals surface area contributed by atoms with E-state index in [0.29, 0.717) is 19.1 Å². The van der Waals surface area contributed by atoms with Crippen molar-refractivity contribution in [2.45, 2.75) is 33.2 Å². The van der Waals surface area contributed by atoms with Gasteiger partial charge in [-0.25, -0.2) is 8.42 Å². The first-order valence-corrected chi connectivity index (χ1v) is 8.81. The van der Waals surface area contributed by atoms with Gasteiger partial charge in [0, 0.05) is 45.3 Å². The quantitative estimate of drug-likeness (QED) is 0.811. The molecule has 0 bridgehead atoms. The fourth-order valence-corrected chi connectivity index (χ4v) is 4.41. The van der Waals surface area contributed by atoms with Crippen molar-refractivity contribution < 1.29 is 8.42 Å². The number of sulfonamides is 1. The monoisotopic (exact) mass is 289 g/mol. The van der Waals surface area contributed by atoms with Crippen molar-refractivity contribution in [2.75, 3.05) is 45.0 Å². The summed E-state index contributed by atoms with van der Waals surface area (Å²) in [5.41, 5.74) is 0.0792. The van der Waals surface area contributed by atoms with Gasteiger partial charge in [-0.2, -0.15) is 4.31 Å². The Morgan fingerprint density at radius 3 is 2.26 bits per heavy atom. The summed E-state index contributed by atoms with van der Waals surface area (Å²) in [5, 5.41) is 3.32. The van der Waals surface area contributed by atoms with E-state index in [-0.39, 0.29) is 11.2 Å². The van der Waals surface area contributed by atoms with Gasteiger partial charge in [0.2, 0.25) is 10.0 Å². The Kier molecular flexibility index (Phi) is 4.55. The van der Waals surface area contributed by atoms with Crippen molar-refractivity contribution in [2.24, 2.45) is 5.41 Å². The molecule has 112 valence electrons. The second-order valence-electron chi connectivity index (χ2n) is 6.88. The Morgan fingerprint density at radius 1 is 1.16 bits per heavy atom. The first kappa shape index (κ1) is 15.2. The van der Waals surface area contributed by atoms with Gasteiger partial charge in [-0.1, -0.05) is 20.8 Å². The van der Waals surface area contributed by atoms with Crippen LogP contribution in [0.15, 0.2) is 0 Å². The molecule has 0 aromatic carbocycles. The van der Waals surface area contributed by atoms with Crippen LogP contribution < -0.4 is 5.32 Å². The van der Waals surface area contributed by atoms with Crippen molar-refractivity contribution >= 4 is 10.0 Å². The number of nitrogens with one attached hydrogen (secondary N) is 1. The summed E-state index contributed by atoms with van der Waals surface area (Å²) in [6, 6.07) is 0.437.